The number of rotatable bonds is 3. The molecule has 2 aliphatic heterocycles. The third-order valence-corrected chi connectivity index (χ3v) is 6.99. The normalized spacial score (nSPS) is 23.3. The topological polar surface area (TPSA) is 54.3 Å². The second-order valence-corrected chi connectivity index (χ2v) is 8.99. The maximum absolute atomic E-state index is 13.0. The van der Waals surface area contributed by atoms with Crippen molar-refractivity contribution >= 4 is 5.91 Å². The summed E-state index contributed by atoms with van der Waals surface area (Å²) in [7, 11) is 0. The summed E-state index contributed by atoms with van der Waals surface area (Å²) in [6.07, 6.45) is 7.51. The van der Waals surface area contributed by atoms with E-state index in [1.54, 1.807) is 0 Å². The zero-order valence-electron chi connectivity index (χ0n) is 17.4. The highest BCUT2D eigenvalue weighted by molar-refractivity contribution is 5.94. The number of amides is 1. The Morgan fingerprint density at radius 1 is 1.03 bits per heavy atom. The highest BCUT2D eigenvalue weighted by Crippen LogP contribution is 2.31. The van der Waals surface area contributed by atoms with Gasteiger partial charge in [-0.15, -0.1) is 10.2 Å². The van der Waals surface area contributed by atoms with Crippen molar-refractivity contribution in [1.82, 2.24) is 24.6 Å². The third kappa shape index (κ3) is 3.70. The Morgan fingerprint density at radius 3 is 2.72 bits per heavy atom. The van der Waals surface area contributed by atoms with Crippen LogP contribution in [-0.2, 0) is 13.1 Å². The first-order chi connectivity index (χ1) is 14.2. The van der Waals surface area contributed by atoms with E-state index in [0.717, 1.165) is 74.4 Å². The van der Waals surface area contributed by atoms with Crippen LogP contribution in [0.3, 0.4) is 0 Å². The third-order valence-electron chi connectivity index (χ3n) is 6.99. The van der Waals surface area contributed by atoms with E-state index < -0.39 is 0 Å². The Labute approximate surface area is 172 Å². The number of hydrogen-bond donors (Lipinski definition) is 0. The molecule has 154 valence electrons. The van der Waals surface area contributed by atoms with Gasteiger partial charge in [0.2, 0.25) is 0 Å². The molecule has 1 aromatic carbocycles. The van der Waals surface area contributed by atoms with Crippen LogP contribution in [-0.4, -0.2) is 56.1 Å². The Hall–Kier alpha value is -2.21. The number of carbonyl (C=O) groups is 1. The van der Waals surface area contributed by atoms with Crippen molar-refractivity contribution in [3.05, 3.63) is 47.0 Å². The lowest BCUT2D eigenvalue weighted by molar-refractivity contribution is 0.0701. The fourth-order valence-electron chi connectivity index (χ4n) is 5.42. The Morgan fingerprint density at radius 2 is 1.90 bits per heavy atom. The minimum Gasteiger partial charge on any atom is -0.338 e. The molecule has 0 radical (unpaired) electrons. The van der Waals surface area contributed by atoms with Crippen molar-refractivity contribution in [1.29, 1.82) is 0 Å². The zero-order chi connectivity index (χ0) is 19.8. The van der Waals surface area contributed by atoms with Crippen LogP contribution in [0.15, 0.2) is 24.3 Å². The predicted octanol–water partition coefficient (Wildman–Crippen LogP) is 3.36. The van der Waals surface area contributed by atoms with Crippen LogP contribution in [0.4, 0.5) is 0 Å². The lowest BCUT2D eigenvalue weighted by atomic mass is 9.96. The van der Waals surface area contributed by atoms with Gasteiger partial charge in [-0.1, -0.05) is 30.5 Å². The average Bonchev–Trinajstić information content (AvgIpc) is 3.43. The largest absolute Gasteiger partial charge is 0.338 e. The number of benzene rings is 1. The molecule has 1 atom stereocenters. The molecule has 0 bridgehead atoms. The quantitative estimate of drug-likeness (QED) is 0.802. The van der Waals surface area contributed by atoms with Crippen molar-refractivity contribution in [2.75, 3.05) is 19.6 Å². The van der Waals surface area contributed by atoms with Gasteiger partial charge in [0.1, 0.15) is 11.6 Å². The van der Waals surface area contributed by atoms with Gasteiger partial charge in [0.25, 0.3) is 5.91 Å². The smallest absolute Gasteiger partial charge is 0.253 e. The van der Waals surface area contributed by atoms with Crippen LogP contribution >= 0.6 is 0 Å². The first-order valence-electron chi connectivity index (χ1n) is 11.2. The second-order valence-electron chi connectivity index (χ2n) is 8.99. The van der Waals surface area contributed by atoms with E-state index in [1.165, 1.54) is 25.7 Å². The summed E-state index contributed by atoms with van der Waals surface area (Å²) >= 11 is 0. The SMILES string of the molecule is Cc1cccc(C(=O)N2CCCC(c3nnc4n3CCN(C3CCCC3)C4)C2)c1. The van der Waals surface area contributed by atoms with Gasteiger partial charge in [-0.25, -0.2) is 0 Å². The summed E-state index contributed by atoms with van der Waals surface area (Å²) in [6, 6.07) is 8.65. The van der Waals surface area contributed by atoms with E-state index in [0.29, 0.717) is 0 Å². The Kier molecular flexibility index (Phi) is 5.12. The summed E-state index contributed by atoms with van der Waals surface area (Å²) in [5.41, 5.74) is 1.92. The molecule has 2 fully saturated rings. The molecule has 0 spiro atoms. The van der Waals surface area contributed by atoms with Crippen molar-refractivity contribution in [2.24, 2.45) is 0 Å². The van der Waals surface area contributed by atoms with Crippen molar-refractivity contribution < 1.29 is 4.79 Å². The molecule has 1 saturated heterocycles. The van der Waals surface area contributed by atoms with Crippen molar-refractivity contribution in [3.8, 4) is 0 Å². The summed E-state index contributed by atoms with van der Waals surface area (Å²) < 4.78 is 2.34. The number of likely N-dealkylation sites (tertiary alicyclic amines) is 1. The van der Waals surface area contributed by atoms with Gasteiger partial charge in [-0.2, -0.15) is 0 Å². The highest BCUT2D eigenvalue weighted by atomic mass is 16.2. The average molecular weight is 394 g/mol. The Bertz CT molecular complexity index is 885. The number of nitrogens with zero attached hydrogens (tertiary/aromatic N) is 5. The van der Waals surface area contributed by atoms with E-state index in [9.17, 15) is 4.79 Å². The van der Waals surface area contributed by atoms with Gasteiger partial charge in [-0.05, 0) is 44.7 Å². The van der Waals surface area contributed by atoms with E-state index in [4.69, 9.17) is 0 Å². The molecule has 3 heterocycles. The second kappa shape index (κ2) is 7.90. The van der Waals surface area contributed by atoms with Gasteiger partial charge in [0.05, 0.1) is 6.54 Å². The lowest BCUT2D eigenvalue weighted by Crippen LogP contribution is -2.42. The van der Waals surface area contributed by atoms with E-state index in [2.05, 4.69) is 19.7 Å². The fraction of sp³-hybridized carbons (Fsp3) is 0.609. The standard InChI is InChI=1S/C23H31N5O/c1-17-6-4-7-18(14-17)23(29)27-11-5-8-19(15-27)22-25-24-21-16-26(12-13-28(21)22)20-9-2-3-10-20/h4,6-7,14,19-20H,2-3,5,8-13,15-16H2,1H3. The molecule has 6 heteroatoms. The first kappa shape index (κ1) is 18.8. The first-order valence-corrected chi connectivity index (χ1v) is 11.2. The Balaban J connectivity index is 1.30. The number of aromatic nitrogens is 3. The van der Waals surface area contributed by atoms with Gasteiger partial charge in [-0.3, -0.25) is 9.69 Å². The van der Waals surface area contributed by atoms with Crippen LogP contribution in [0.2, 0.25) is 0 Å². The van der Waals surface area contributed by atoms with E-state index >= 15 is 0 Å². The number of hydrogen-bond acceptors (Lipinski definition) is 4. The maximum atomic E-state index is 13.0. The van der Waals surface area contributed by atoms with Gasteiger partial charge in [0.15, 0.2) is 0 Å². The minimum atomic E-state index is 0.143. The molecule has 3 aliphatic rings. The summed E-state index contributed by atoms with van der Waals surface area (Å²) in [4.78, 5) is 17.6. The fourth-order valence-corrected chi connectivity index (χ4v) is 5.42. The molecule has 1 unspecified atom stereocenters. The lowest BCUT2D eigenvalue weighted by Gasteiger charge is -2.35. The molecule has 1 aliphatic carbocycles. The monoisotopic (exact) mass is 393 g/mol. The molecule has 6 nitrogen and oxygen atoms in total. The van der Waals surface area contributed by atoms with Gasteiger partial charge in [0, 0.05) is 43.7 Å². The number of fused-ring (bicyclic) bond motifs is 1. The zero-order valence-corrected chi connectivity index (χ0v) is 17.4. The van der Waals surface area contributed by atoms with Crippen LogP contribution in [0, 0.1) is 6.92 Å². The van der Waals surface area contributed by atoms with Gasteiger partial charge >= 0.3 is 0 Å². The van der Waals surface area contributed by atoms with Crippen LogP contribution in [0.1, 0.15) is 72.0 Å². The van der Waals surface area contributed by atoms with Crippen LogP contribution in [0.5, 0.6) is 0 Å². The minimum absolute atomic E-state index is 0.143. The molecule has 1 aromatic heterocycles. The number of aryl methyl sites for hydroxylation is 1. The maximum Gasteiger partial charge on any atom is 0.253 e. The molecular formula is C23H31N5O. The molecule has 1 amide bonds. The van der Waals surface area contributed by atoms with Crippen molar-refractivity contribution in [3.63, 3.8) is 0 Å². The summed E-state index contributed by atoms with van der Waals surface area (Å²) in [5, 5.41) is 9.17. The molecule has 0 N–H and O–H groups in total. The number of carbonyl (C=O) groups excluding carboxylic acids is 1. The summed E-state index contributed by atoms with van der Waals surface area (Å²) in [6.45, 7) is 6.62. The molecule has 5 rings (SSSR count). The molecule has 29 heavy (non-hydrogen) atoms. The summed E-state index contributed by atoms with van der Waals surface area (Å²) in [5.74, 6) is 2.63. The molecule has 2 aromatic rings. The van der Waals surface area contributed by atoms with Crippen molar-refractivity contribution in [2.45, 2.75) is 70.5 Å². The van der Waals surface area contributed by atoms with Gasteiger partial charge < -0.3 is 9.47 Å². The van der Waals surface area contributed by atoms with E-state index in [-0.39, 0.29) is 11.8 Å². The van der Waals surface area contributed by atoms with Crippen LogP contribution < -0.4 is 0 Å². The highest BCUT2D eigenvalue weighted by Gasteiger charge is 2.33. The molecular weight excluding hydrogens is 362 g/mol. The predicted molar refractivity (Wildman–Crippen MR) is 112 cm³/mol. The molecule has 1 saturated carbocycles. The number of piperidine rings is 1. The van der Waals surface area contributed by atoms with Crippen LogP contribution in [0.25, 0.3) is 0 Å². The van der Waals surface area contributed by atoms with E-state index in [1.807, 2.05) is 36.1 Å².